The van der Waals surface area contributed by atoms with Gasteiger partial charge in [0.1, 0.15) is 5.82 Å². The van der Waals surface area contributed by atoms with Crippen molar-refractivity contribution in [2.75, 3.05) is 6.61 Å². The molecule has 0 spiro atoms. The van der Waals surface area contributed by atoms with E-state index in [1.54, 1.807) is 0 Å². The van der Waals surface area contributed by atoms with E-state index in [-0.39, 0.29) is 11.4 Å². The third-order valence-corrected chi connectivity index (χ3v) is 4.14. The molecule has 1 saturated heterocycles. The summed E-state index contributed by atoms with van der Waals surface area (Å²) in [5.41, 5.74) is -1.03. The second-order valence-electron chi connectivity index (χ2n) is 5.23. The molecule has 18 heavy (non-hydrogen) atoms. The van der Waals surface area contributed by atoms with Crippen molar-refractivity contribution >= 4 is 11.6 Å². The minimum atomic E-state index is -1.11. The van der Waals surface area contributed by atoms with Gasteiger partial charge in [0.25, 0.3) is 0 Å². The molecule has 0 saturated carbocycles. The fourth-order valence-corrected chi connectivity index (χ4v) is 2.83. The van der Waals surface area contributed by atoms with E-state index in [1.807, 2.05) is 13.8 Å². The van der Waals surface area contributed by atoms with Crippen molar-refractivity contribution in [1.29, 1.82) is 0 Å². The predicted molar refractivity (Wildman–Crippen MR) is 69.2 cm³/mol. The molecule has 1 heterocycles. The van der Waals surface area contributed by atoms with Gasteiger partial charge in [-0.1, -0.05) is 18.5 Å². The summed E-state index contributed by atoms with van der Waals surface area (Å²) in [5, 5.41) is 11.2. The van der Waals surface area contributed by atoms with E-state index < -0.39 is 5.60 Å². The van der Waals surface area contributed by atoms with Crippen molar-refractivity contribution in [1.82, 2.24) is 0 Å². The molecule has 0 bridgehead atoms. The van der Waals surface area contributed by atoms with E-state index in [1.165, 1.54) is 18.2 Å². The molecule has 0 radical (unpaired) electrons. The first kappa shape index (κ1) is 13.8. The van der Waals surface area contributed by atoms with Gasteiger partial charge in [-0.2, -0.15) is 0 Å². The van der Waals surface area contributed by atoms with Gasteiger partial charge in [0.05, 0.1) is 17.8 Å². The molecule has 4 heteroatoms. The Balaban J connectivity index is 2.38. The molecule has 2 rings (SSSR count). The van der Waals surface area contributed by atoms with Gasteiger partial charge in [0.2, 0.25) is 0 Å². The Bertz CT molecular complexity index is 451. The van der Waals surface area contributed by atoms with Crippen LogP contribution < -0.4 is 0 Å². The molecule has 1 aromatic carbocycles. The van der Waals surface area contributed by atoms with Crippen LogP contribution in [0.4, 0.5) is 4.39 Å². The zero-order chi connectivity index (χ0) is 13.4. The average Bonchev–Trinajstić information content (AvgIpc) is 2.32. The van der Waals surface area contributed by atoms with Crippen molar-refractivity contribution in [3.05, 3.63) is 34.6 Å². The van der Waals surface area contributed by atoms with Gasteiger partial charge in [0, 0.05) is 23.4 Å². The van der Waals surface area contributed by atoms with Crippen molar-refractivity contribution < 1.29 is 14.2 Å². The Morgan fingerprint density at radius 3 is 2.89 bits per heavy atom. The maximum atomic E-state index is 13.3. The Hall–Kier alpha value is -0.640. The predicted octanol–water partition coefficient (Wildman–Crippen LogP) is 3.65. The average molecular weight is 273 g/mol. The lowest BCUT2D eigenvalue weighted by Gasteiger charge is -2.43. The lowest BCUT2D eigenvalue weighted by atomic mass is 9.77. The highest BCUT2D eigenvalue weighted by Gasteiger charge is 2.43. The van der Waals surface area contributed by atoms with Crippen molar-refractivity contribution in [2.45, 2.75) is 44.3 Å². The first-order valence-electron chi connectivity index (χ1n) is 6.20. The maximum Gasteiger partial charge on any atom is 0.123 e. The summed E-state index contributed by atoms with van der Waals surface area (Å²) in [6, 6.07) is 4.11. The zero-order valence-corrected chi connectivity index (χ0v) is 11.4. The molecule has 100 valence electrons. The molecule has 0 aromatic heterocycles. The summed E-state index contributed by atoms with van der Waals surface area (Å²) < 4.78 is 19.1. The Kier molecular flexibility index (Phi) is 3.67. The van der Waals surface area contributed by atoms with Gasteiger partial charge in [-0.25, -0.2) is 4.39 Å². The highest BCUT2D eigenvalue weighted by molar-refractivity contribution is 6.31. The Morgan fingerprint density at radius 1 is 1.50 bits per heavy atom. The first-order chi connectivity index (χ1) is 8.38. The van der Waals surface area contributed by atoms with E-state index in [2.05, 4.69) is 0 Å². The fraction of sp³-hybridized carbons (Fsp3) is 0.571. The maximum absolute atomic E-state index is 13.3. The van der Waals surface area contributed by atoms with Crippen LogP contribution in [0, 0.1) is 5.82 Å². The van der Waals surface area contributed by atoms with Crippen LogP contribution >= 0.6 is 11.6 Å². The smallest absolute Gasteiger partial charge is 0.123 e. The highest BCUT2D eigenvalue weighted by Crippen LogP contribution is 2.43. The molecule has 1 fully saturated rings. The van der Waals surface area contributed by atoms with Crippen molar-refractivity contribution in [3.8, 4) is 0 Å². The van der Waals surface area contributed by atoms with Gasteiger partial charge in [-0.15, -0.1) is 0 Å². The van der Waals surface area contributed by atoms with E-state index in [4.69, 9.17) is 16.3 Å². The summed E-state index contributed by atoms with van der Waals surface area (Å²) in [6.45, 7) is 4.43. The number of aliphatic hydroxyl groups is 1. The Morgan fingerprint density at radius 2 is 2.22 bits per heavy atom. The molecule has 0 aliphatic carbocycles. The number of hydrogen-bond donors (Lipinski definition) is 1. The molecule has 1 aliphatic heterocycles. The van der Waals surface area contributed by atoms with E-state index in [0.29, 0.717) is 30.0 Å². The van der Waals surface area contributed by atoms with Gasteiger partial charge < -0.3 is 9.84 Å². The largest absolute Gasteiger partial charge is 0.385 e. The van der Waals surface area contributed by atoms with Crippen LogP contribution in [0.25, 0.3) is 0 Å². The molecule has 2 unspecified atom stereocenters. The summed E-state index contributed by atoms with van der Waals surface area (Å²) in [4.78, 5) is 0. The quantitative estimate of drug-likeness (QED) is 0.891. The lowest BCUT2D eigenvalue weighted by Crippen LogP contribution is -2.45. The van der Waals surface area contributed by atoms with Crippen LogP contribution in [0.5, 0.6) is 0 Å². The van der Waals surface area contributed by atoms with Gasteiger partial charge >= 0.3 is 0 Å². The van der Waals surface area contributed by atoms with E-state index in [0.717, 1.165) is 6.42 Å². The Labute approximate surface area is 112 Å². The van der Waals surface area contributed by atoms with Crippen LogP contribution in [-0.4, -0.2) is 17.3 Å². The molecule has 1 aromatic rings. The minimum absolute atomic E-state index is 0.382. The van der Waals surface area contributed by atoms with E-state index in [9.17, 15) is 9.50 Å². The molecular formula is C14H18ClFO2. The highest BCUT2D eigenvalue weighted by atomic mass is 35.5. The van der Waals surface area contributed by atoms with Crippen LogP contribution in [0.15, 0.2) is 18.2 Å². The monoisotopic (exact) mass is 272 g/mol. The van der Waals surface area contributed by atoms with Crippen LogP contribution in [-0.2, 0) is 10.3 Å². The second kappa shape index (κ2) is 4.80. The van der Waals surface area contributed by atoms with Crippen molar-refractivity contribution in [2.24, 2.45) is 0 Å². The minimum Gasteiger partial charge on any atom is -0.385 e. The molecule has 0 amide bonds. The van der Waals surface area contributed by atoms with Crippen LogP contribution in [0.3, 0.4) is 0 Å². The van der Waals surface area contributed by atoms with Gasteiger partial charge in [0.15, 0.2) is 0 Å². The summed E-state index contributed by atoms with van der Waals surface area (Å²) >= 11 is 6.09. The molecular weight excluding hydrogens is 255 g/mol. The first-order valence-corrected chi connectivity index (χ1v) is 6.58. The number of rotatable bonds is 2. The fourth-order valence-electron chi connectivity index (χ4n) is 2.54. The van der Waals surface area contributed by atoms with Crippen LogP contribution in [0.2, 0.25) is 5.02 Å². The molecule has 2 nitrogen and oxygen atoms in total. The second-order valence-corrected chi connectivity index (χ2v) is 5.64. The molecule has 1 N–H and O–H groups in total. The number of halogens is 2. The normalized spacial score (nSPS) is 32.5. The van der Waals surface area contributed by atoms with Crippen molar-refractivity contribution in [3.63, 3.8) is 0 Å². The number of ether oxygens (including phenoxy) is 1. The zero-order valence-electron chi connectivity index (χ0n) is 10.7. The third kappa shape index (κ3) is 2.53. The third-order valence-electron chi connectivity index (χ3n) is 3.81. The number of hydrogen-bond acceptors (Lipinski definition) is 2. The lowest BCUT2D eigenvalue weighted by molar-refractivity contribution is -0.157. The van der Waals surface area contributed by atoms with Gasteiger partial charge in [-0.05, 0) is 31.5 Å². The SMILES string of the molecule is CCC1(C)CC(O)(c2cc(F)ccc2Cl)CCO1. The number of benzene rings is 1. The van der Waals surface area contributed by atoms with Crippen LogP contribution in [0.1, 0.15) is 38.7 Å². The summed E-state index contributed by atoms with van der Waals surface area (Å²) in [6.07, 6.45) is 1.66. The summed E-state index contributed by atoms with van der Waals surface area (Å²) in [5.74, 6) is -0.382. The summed E-state index contributed by atoms with van der Waals surface area (Å²) in [7, 11) is 0. The topological polar surface area (TPSA) is 29.5 Å². The standard InChI is InChI=1S/C14H18ClFO2/c1-3-13(2)9-14(17,6-7-18-13)11-8-10(16)4-5-12(11)15/h4-5,8,17H,3,6-7,9H2,1-2H3. The van der Waals surface area contributed by atoms with E-state index >= 15 is 0 Å². The molecule has 1 aliphatic rings. The molecule has 2 atom stereocenters. The van der Waals surface area contributed by atoms with Gasteiger partial charge in [-0.3, -0.25) is 0 Å².